The zero-order valence-corrected chi connectivity index (χ0v) is 14.1. The molecule has 1 aliphatic rings. The van der Waals surface area contributed by atoms with Crippen LogP contribution in [-0.2, 0) is 4.79 Å². The van der Waals surface area contributed by atoms with Crippen molar-refractivity contribution in [3.05, 3.63) is 46.2 Å². The quantitative estimate of drug-likeness (QED) is 0.748. The number of hydrazone groups is 1. The van der Waals surface area contributed by atoms with Crippen molar-refractivity contribution in [3.8, 4) is 0 Å². The van der Waals surface area contributed by atoms with Gasteiger partial charge in [0.15, 0.2) is 0 Å². The van der Waals surface area contributed by atoms with Crippen molar-refractivity contribution in [2.24, 2.45) is 11.0 Å². The highest BCUT2D eigenvalue weighted by molar-refractivity contribution is 7.80. The maximum atomic E-state index is 12.2. The molecule has 5 nitrogen and oxygen atoms in total. The van der Waals surface area contributed by atoms with Gasteiger partial charge in [0.05, 0.1) is 16.3 Å². The zero-order valence-electron chi connectivity index (χ0n) is 12.4. The fourth-order valence-electron chi connectivity index (χ4n) is 2.39. The highest BCUT2D eigenvalue weighted by Crippen LogP contribution is 2.25. The zero-order chi connectivity index (χ0) is 16.4. The van der Waals surface area contributed by atoms with E-state index < -0.39 is 0 Å². The van der Waals surface area contributed by atoms with Crippen LogP contribution in [-0.4, -0.2) is 17.5 Å². The van der Waals surface area contributed by atoms with E-state index >= 15 is 0 Å². The minimum atomic E-state index is -0.167. The molecule has 2 N–H and O–H groups in total. The van der Waals surface area contributed by atoms with Gasteiger partial charge in [0.2, 0.25) is 5.91 Å². The third-order valence-corrected chi connectivity index (χ3v) is 4.80. The Hall–Kier alpha value is -2.12. The van der Waals surface area contributed by atoms with E-state index in [9.17, 15) is 9.59 Å². The molecule has 23 heavy (non-hydrogen) atoms. The van der Waals surface area contributed by atoms with Crippen molar-refractivity contribution in [2.75, 3.05) is 5.32 Å². The Morgan fingerprint density at radius 2 is 2.26 bits per heavy atom. The topological polar surface area (TPSA) is 70.6 Å². The van der Waals surface area contributed by atoms with Crippen LogP contribution in [0.5, 0.6) is 0 Å². The molecule has 0 fully saturated rings. The van der Waals surface area contributed by atoms with Crippen LogP contribution in [0.15, 0.2) is 45.7 Å². The molecule has 0 radical (unpaired) electrons. The maximum absolute atomic E-state index is 12.2. The molecule has 0 spiro atoms. The van der Waals surface area contributed by atoms with E-state index in [-0.39, 0.29) is 17.7 Å². The number of thiophene rings is 1. The maximum Gasteiger partial charge on any atom is 0.265 e. The molecule has 1 aromatic heterocycles. The summed E-state index contributed by atoms with van der Waals surface area (Å²) in [5.74, 6) is -0.229. The van der Waals surface area contributed by atoms with Gasteiger partial charge in [-0.2, -0.15) is 5.10 Å². The SMILES string of the molecule is CC1CC(=O)NN=C1c1ccc(S)c(NC(=O)c2cccs2)c1. The van der Waals surface area contributed by atoms with Gasteiger partial charge < -0.3 is 5.32 Å². The molecule has 0 saturated carbocycles. The Kier molecular flexibility index (Phi) is 4.49. The summed E-state index contributed by atoms with van der Waals surface area (Å²) < 4.78 is 0. The summed E-state index contributed by atoms with van der Waals surface area (Å²) >= 11 is 5.78. The van der Waals surface area contributed by atoms with Gasteiger partial charge in [0.1, 0.15) is 0 Å². The lowest BCUT2D eigenvalue weighted by atomic mass is 9.94. The first-order valence-corrected chi connectivity index (χ1v) is 8.42. The summed E-state index contributed by atoms with van der Waals surface area (Å²) in [6, 6.07) is 9.13. The third kappa shape index (κ3) is 3.46. The number of amides is 2. The summed E-state index contributed by atoms with van der Waals surface area (Å²) in [5, 5.41) is 8.87. The lowest BCUT2D eigenvalue weighted by molar-refractivity contribution is -0.121. The van der Waals surface area contributed by atoms with E-state index in [4.69, 9.17) is 0 Å². The Balaban J connectivity index is 1.88. The van der Waals surface area contributed by atoms with E-state index in [2.05, 4.69) is 28.5 Å². The van der Waals surface area contributed by atoms with E-state index in [0.29, 0.717) is 21.9 Å². The van der Waals surface area contributed by atoms with Crippen molar-refractivity contribution in [1.82, 2.24) is 5.43 Å². The second-order valence-corrected chi connectivity index (χ2v) is 6.73. The van der Waals surface area contributed by atoms with E-state index in [1.165, 1.54) is 11.3 Å². The molecule has 2 aromatic rings. The second kappa shape index (κ2) is 6.55. The molecule has 1 atom stereocenters. The summed E-state index contributed by atoms with van der Waals surface area (Å²) in [5.41, 5.74) is 4.78. The number of anilines is 1. The molecule has 118 valence electrons. The van der Waals surface area contributed by atoms with Crippen LogP contribution in [0.25, 0.3) is 0 Å². The third-order valence-electron chi connectivity index (χ3n) is 3.54. The van der Waals surface area contributed by atoms with Gasteiger partial charge in [0.25, 0.3) is 5.91 Å². The highest BCUT2D eigenvalue weighted by Gasteiger charge is 2.22. The van der Waals surface area contributed by atoms with Crippen LogP contribution in [0.1, 0.15) is 28.6 Å². The number of carbonyl (C=O) groups excluding carboxylic acids is 2. The summed E-state index contributed by atoms with van der Waals surface area (Å²) in [6.07, 6.45) is 0.401. The molecule has 7 heteroatoms. The smallest absolute Gasteiger partial charge is 0.265 e. The van der Waals surface area contributed by atoms with Gasteiger partial charge in [-0.15, -0.1) is 24.0 Å². The lowest BCUT2D eigenvalue weighted by Crippen LogP contribution is -2.32. The number of carbonyl (C=O) groups is 2. The predicted octanol–water partition coefficient (Wildman–Crippen LogP) is 3.15. The molecular formula is C16H15N3O2S2. The molecule has 3 rings (SSSR count). The first kappa shape index (κ1) is 15.8. The standard InChI is InChI=1S/C16H15N3O2S2/c1-9-7-14(20)18-19-15(9)10-4-5-12(22)11(8-10)17-16(21)13-3-2-6-23-13/h2-6,8-9,22H,7H2,1H3,(H,17,21)(H,18,20). The Labute approximate surface area is 143 Å². The fraction of sp³-hybridized carbons (Fsp3) is 0.188. The van der Waals surface area contributed by atoms with Crippen LogP contribution in [0, 0.1) is 5.92 Å². The summed E-state index contributed by atoms with van der Waals surface area (Å²) in [6.45, 7) is 1.95. The molecule has 0 saturated heterocycles. The number of benzene rings is 1. The number of thiol groups is 1. The first-order chi connectivity index (χ1) is 11.0. The summed E-state index contributed by atoms with van der Waals surface area (Å²) in [7, 11) is 0. The Bertz CT molecular complexity index is 785. The van der Waals surface area contributed by atoms with E-state index in [1.807, 2.05) is 36.6 Å². The highest BCUT2D eigenvalue weighted by atomic mass is 32.1. The number of hydrogen-bond acceptors (Lipinski definition) is 5. The normalized spacial score (nSPS) is 17.4. The van der Waals surface area contributed by atoms with Gasteiger partial charge in [-0.25, -0.2) is 5.43 Å². The minimum absolute atomic E-state index is 0.0235. The number of hydrogen-bond donors (Lipinski definition) is 3. The number of nitrogens with zero attached hydrogens (tertiary/aromatic N) is 1. The average Bonchev–Trinajstić information content (AvgIpc) is 3.04. The summed E-state index contributed by atoms with van der Waals surface area (Å²) in [4.78, 5) is 24.9. The van der Waals surface area contributed by atoms with Crippen molar-refractivity contribution in [1.29, 1.82) is 0 Å². The predicted molar refractivity (Wildman–Crippen MR) is 94.4 cm³/mol. The molecule has 1 aromatic carbocycles. The minimum Gasteiger partial charge on any atom is -0.320 e. The Morgan fingerprint density at radius 1 is 1.43 bits per heavy atom. The van der Waals surface area contributed by atoms with Gasteiger partial charge in [-0.3, -0.25) is 9.59 Å². The van der Waals surface area contributed by atoms with Crippen LogP contribution < -0.4 is 10.7 Å². The number of rotatable bonds is 3. The molecule has 1 unspecified atom stereocenters. The van der Waals surface area contributed by atoms with Crippen LogP contribution in [0.2, 0.25) is 0 Å². The largest absolute Gasteiger partial charge is 0.320 e. The van der Waals surface area contributed by atoms with Gasteiger partial charge >= 0.3 is 0 Å². The molecule has 0 bridgehead atoms. The average molecular weight is 345 g/mol. The first-order valence-electron chi connectivity index (χ1n) is 7.09. The van der Waals surface area contributed by atoms with Crippen molar-refractivity contribution < 1.29 is 9.59 Å². The molecular weight excluding hydrogens is 330 g/mol. The van der Waals surface area contributed by atoms with Gasteiger partial charge in [-0.1, -0.05) is 19.1 Å². The van der Waals surface area contributed by atoms with Crippen molar-refractivity contribution >= 4 is 47.2 Å². The van der Waals surface area contributed by atoms with E-state index in [0.717, 1.165) is 11.3 Å². The second-order valence-electron chi connectivity index (χ2n) is 5.30. The van der Waals surface area contributed by atoms with Crippen LogP contribution in [0.4, 0.5) is 5.69 Å². The molecule has 2 heterocycles. The molecule has 2 amide bonds. The Morgan fingerprint density at radius 3 is 2.96 bits per heavy atom. The lowest BCUT2D eigenvalue weighted by Gasteiger charge is -2.20. The van der Waals surface area contributed by atoms with Crippen LogP contribution in [0.3, 0.4) is 0 Å². The van der Waals surface area contributed by atoms with Crippen LogP contribution >= 0.6 is 24.0 Å². The van der Waals surface area contributed by atoms with E-state index in [1.54, 1.807) is 6.07 Å². The van der Waals surface area contributed by atoms with Crippen molar-refractivity contribution in [2.45, 2.75) is 18.2 Å². The number of nitrogens with one attached hydrogen (secondary N) is 2. The molecule has 0 aliphatic carbocycles. The van der Waals surface area contributed by atoms with Gasteiger partial charge in [0, 0.05) is 22.8 Å². The van der Waals surface area contributed by atoms with Gasteiger partial charge in [-0.05, 0) is 23.6 Å². The van der Waals surface area contributed by atoms with Crippen molar-refractivity contribution in [3.63, 3.8) is 0 Å². The fourth-order valence-corrected chi connectivity index (χ4v) is 3.20. The monoisotopic (exact) mass is 345 g/mol. The molecule has 1 aliphatic heterocycles.